The van der Waals surface area contributed by atoms with Crippen molar-refractivity contribution in [3.8, 4) is 0 Å². The molecule has 0 aromatic heterocycles. The van der Waals surface area contributed by atoms with Gasteiger partial charge in [0.15, 0.2) is 0 Å². The van der Waals surface area contributed by atoms with E-state index in [-0.39, 0.29) is 11.8 Å². The minimum absolute atomic E-state index is 0.0112. The molecule has 1 saturated carbocycles. The fourth-order valence-corrected chi connectivity index (χ4v) is 2.70. The topological polar surface area (TPSA) is 61.4 Å². The van der Waals surface area contributed by atoms with Crippen LogP contribution in [0.1, 0.15) is 26.7 Å². The molecule has 0 aromatic carbocycles. The molecule has 2 aliphatic rings. The zero-order valence-corrected chi connectivity index (χ0v) is 10.7. The highest BCUT2D eigenvalue weighted by Gasteiger charge is 2.57. The molecule has 17 heavy (non-hydrogen) atoms. The first-order valence-corrected chi connectivity index (χ1v) is 6.27. The summed E-state index contributed by atoms with van der Waals surface area (Å²) in [5.41, 5.74) is -0.745. The van der Waals surface area contributed by atoms with Crippen LogP contribution in [0.15, 0.2) is 0 Å². The van der Waals surface area contributed by atoms with Gasteiger partial charge >= 0.3 is 0 Å². The summed E-state index contributed by atoms with van der Waals surface area (Å²) in [5, 5.41) is 5.99. The molecular weight excluding hydrogens is 218 g/mol. The number of nitrogens with zero attached hydrogens (tertiary/aromatic N) is 1. The molecule has 2 N–H and O–H groups in total. The molecule has 2 fully saturated rings. The minimum atomic E-state index is -0.745. The van der Waals surface area contributed by atoms with Crippen molar-refractivity contribution in [3.05, 3.63) is 0 Å². The van der Waals surface area contributed by atoms with E-state index in [1.54, 1.807) is 7.05 Å². The fraction of sp³-hybridized carbons (Fsp3) is 0.833. The Hall–Kier alpha value is -1.10. The Morgan fingerprint density at radius 3 is 2.18 bits per heavy atom. The van der Waals surface area contributed by atoms with Gasteiger partial charge in [0.1, 0.15) is 5.41 Å². The van der Waals surface area contributed by atoms with E-state index in [1.165, 1.54) is 0 Å². The van der Waals surface area contributed by atoms with E-state index in [0.717, 1.165) is 0 Å². The molecule has 0 radical (unpaired) electrons. The third-order valence-corrected chi connectivity index (χ3v) is 3.67. The summed E-state index contributed by atoms with van der Waals surface area (Å²) in [4.78, 5) is 26.0. The van der Waals surface area contributed by atoms with Gasteiger partial charge in [0, 0.05) is 32.2 Å². The van der Waals surface area contributed by atoms with E-state index in [9.17, 15) is 9.59 Å². The van der Waals surface area contributed by atoms with Crippen LogP contribution in [0.5, 0.6) is 0 Å². The maximum Gasteiger partial charge on any atom is 0.238 e. The zero-order chi connectivity index (χ0) is 12.6. The van der Waals surface area contributed by atoms with Crippen molar-refractivity contribution in [2.24, 2.45) is 5.41 Å². The van der Waals surface area contributed by atoms with E-state index in [1.807, 2.05) is 4.90 Å². The average Bonchev–Trinajstić information content (AvgIpc) is 3.07. The monoisotopic (exact) mass is 239 g/mol. The van der Waals surface area contributed by atoms with E-state index in [2.05, 4.69) is 24.5 Å². The molecule has 1 saturated heterocycles. The van der Waals surface area contributed by atoms with Crippen LogP contribution in [0, 0.1) is 5.41 Å². The van der Waals surface area contributed by atoms with Gasteiger partial charge in [0.25, 0.3) is 0 Å². The summed E-state index contributed by atoms with van der Waals surface area (Å²) < 4.78 is 0. The summed E-state index contributed by atoms with van der Waals surface area (Å²) in [7, 11) is 1.60. The first-order valence-electron chi connectivity index (χ1n) is 6.27. The van der Waals surface area contributed by atoms with Crippen LogP contribution >= 0.6 is 0 Å². The molecule has 0 aromatic rings. The van der Waals surface area contributed by atoms with Crippen molar-refractivity contribution in [2.75, 3.05) is 20.1 Å². The highest BCUT2D eigenvalue weighted by Crippen LogP contribution is 2.47. The lowest BCUT2D eigenvalue weighted by Crippen LogP contribution is -2.58. The highest BCUT2D eigenvalue weighted by molar-refractivity contribution is 6.07. The van der Waals surface area contributed by atoms with Gasteiger partial charge in [-0.1, -0.05) is 0 Å². The van der Waals surface area contributed by atoms with E-state index >= 15 is 0 Å². The Morgan fingerprint density at radius 1 is 1.24 bits per heavy atom. The highest BCUT2D eigenvalue weighted by atomic mass is 16.2. The Labute approximate surface area is 102 Å². The van der Waals surface area contributed by atoms with Crippen molar-refractivity contribution < 1.29 is 9.59 Å². The van der Waals surface area contributed by atoms with Crippen LogP contribution in [0.2, 0.25) is 0 Å². The second-order valence-electron chi connectivity index (χ2n) is 5.34. The third kappa shape index (κ3) is 2.16. The van der Waals surface area contributed by atoms with Crippen LogP contribution in [0.4, 0.5) is 0 Å². The molecule has 0 spiro atoms. The van der Waals surface area contributed by atoms with Gasteiger partial charge in [-0.05, 0) is 26.7 Å². The summed E-state index contributed by atoms with van der Waals surface area (Å²) >= 11 is 0. The van der Waals surface area contributed by atoms with Crippen LogP contribution < -0.4 is 10.6 Å². The van der Waals surface area contributed by atoms with Crippen LogP contribution in [-0.2, 0) is 9.59 Å². The number of piperazine rings is 1. The second kappa shape index (κ2) is 4.29. The number of hydrogen-bond acceptors (Lipinski definition) is 3. The average molecular weight is 239 g/mol. The Balaban J connectivity index is 2.07. The number of carbonyl (C=O) groups excluding carboxylic acids is 2. The number of rotatable bonds is 2. The van der Waals surface area contributed by atoms with Gasteiger partial charge in [-0.25, -0.2) is 0 Å². The van der Waals surface area contributed by atoms with Crippen LogP contribution in [0.3, 0.4) is 0 Å². The molecule has 0 unspecified atom stereocenters. The minimum Gasteiger partial charge on any atom is -0.358 e. The van der Waals surface area contributed by atoms with Crippen molar-refractivity contribution in [1.82, 2.24) is 15.5 Å². The Morgan fingerprint density at radius 2 is 1.76 bits per heavy atom. The Bertz CT molecular complexity index is 329. The van der Waals surface area contributed by atoms with Gasteiger partial charge in [0.2, 0.25) is 11.8 Å². The summed E-state index contributed by atoms with van der Waals surface area (Å²) in [5.74, 6) is -0.113. The molecule has 1 aliphatic heterocycles. The predicted molar refractivity (Wildman–Crippen MR) is 64.4 cm³/mol. The smallest absolute Gasteiger partial charge is 0.238 e. The lowest BCUT2D eigenvalue weighted by Gasteiger charge is -2.37. The normalized spacial score (nSPS) is 30.9. The molecule has 1 aliphatic carbocycles. The van der Waals surface area contributed by atoms with Gasteiger partial charge in [0.05, 0.1) is 0 Å². The van der Waals surface area contributed by atoms with Crippen molar-refractivity contribution in [3.63, 3.8) is 0 Å². The van der Waals surface area contributed by atoms with Gasteiger partial charge in [-0.3, -0.25) is 9.59 Å². The molecule has 2 rings (SSSR count). The molecule has 2 atom stereocenters. The van der Waals surface area contributed by atoms with Gasteiger partial charge < -0.3 is 15.5 Å². The predicted octanol–water partition coefficient (Wildman–Crippen LogP) is -0.279. The maximum absolute atomic E-state index is 12.4. The van der Waals surface area contributed by atoms with Crippen LogP contribution in [0.25, 0.3) is 0 Å². The largest absolute Gasteiger partial charge is 0.358 e. The molecule has 5 nitrogen and oxygen atoms in total. The molecular formula is C12H21N3O2. The fourth-order valence-electron chi connectivity index (χ4n) is 2.70. The number of nitrogens with one attached hydrogen (secondary N) is 2. The summed E-state index contributed by atoms with van der Waals surface area (Å²) in [6.45, 7) is 5.52. The van der Waals surface area contributed by atoms with E-state index in [4.69, 9.17) is 0 Å². The first-order chi connectivity index (χ1) is 7.99. The number of hydrogen-bond donors (Lipinski definition) is 2. The molecule has 96 valence electrons. The Kier molecular flexibility index (Phi) is 3.12. The summed E-state index contributed by atoms with van der Waals surface area (Å²) in [6.07, 6.45) is 1.39. The van der Waals surface area contributed by atoms with E-state index < -0.39 is 5.41 Å². The zero-order valence-electron chi connectivity index (χ0n) is 10.7. The van der Waals surface area contributed by atoms with Gasteiger partial charge in [-0.15, -0.1) is 0 Å². The third-order valence-electron chi connectivity index (χ3n) is 3.67. The first kappa shape index (κ1) is 12.4. The van der Waals surface area contributed by atoms with Gasteiger partial charge in [-0.2, -0.15) is 0 Å². The van der Waals surface area contributed by atoms with Crippen LogP contribution in [-0.4, -0.2) is 48.9 Å². The lowest BCUT2D eigenvalue weighted by molar-refractivity contribution is -0.145. The van der Waals surface area contributed by atoms with Crippen molar-refractivity contribution in [1.29, 1.82) is 0 Å². The molecule has 0 bridgehead atoms. The summed E-state index contributed by atoms with van der Waals surface area (Å²) in [6, 6.07) is 0.589. The SMILES string of the molecule is CNC(=O)C1(C(=O)N2C[C@@H](C)N[C@H](C)C2)CC1. The standard InChI is InChI=1S/C12H21N3O2/c1-8-6-15(7-9(2)14-8)11(17)12(4-5-12)10(16)13-3/h8-9,14H,4-7H2,1-3H3,(H,13,16)/t8-,9-/m1/s1. The number of amides is 2. The van der Waals surface area contributed by atoms with Crippen molar-refractivity contribution in [2.45, 2.75) is 38.8 Å². The molecule has 5 heteroatoms. The number of carbonyl (C=O) groups is 2. The maximum atomic E-state index is 12.4. The second-order valence-corrected chi connectivity index (χ2v) is 5.34. The molecule has 2 amide bonds. The lowest BCUT2D eigenvalue weighted by atomic mass is 10.0. The molecule has 1 heterocycles. The quantitative estimate of drug-likeness (QED) is 0.652. The van der Waals surface area contributed by atoms with Crippen molar-refractivity contribution >= 4 is 11.8 Å². The van der Waals surface area contributed by atoms with E-state index in [0.29, 0.717) is 38.0 Å².